The van der Waals surface area contributed by atoms with Gasteiger partial charge in [-0.3, -0.25) is 4.79 Å². The van der Waals surface area contributed by atoms with Gasteiger partial charge in [0.25, 0.3) is 5.91 Å². The number of rotatable bonds is 6. The van der Waals surface area contributed by atoms with Crippen molar-refractivity contribution in [2.45, 2.75) is 23.9 Å². The molecule has 3 heterocycles. The number of furan rings is 1. The van der Waals surface area contributed by atoms with Crippen molar-refractivity contribution in [3.8, 4) is 0 Å². The van der Waals surface area contributed by atoms with Crippen LogP contribution in [0.1, 0.15) is 24.3 Å². The first-order valence-electron chi connectivity index (χ1n) is 10.2. The van der Waals surface area contributed by atoms with Crippen molar-refractivity contribution in [2.75, 3.05) is 10.6 Å². The standard InChI is InChI=1S/C24H21N5O2S/c1-16-20(22(30)26-18-11-6-3-7-12-18)21(19-13-8-14-31-19)29-23(25-16)27-24(28-29)32-15-17-9-4-2-5-10-17/h2-14,21H,15H2,1H3,(H,26,30)(H,25,27,28). The maximum Gasteiger partial charge on any atom is 0.256 e. The fourth-order valence-corrected chi connectivity index (χ4v) is 4.42. The van der Waals surface area contributed by atoms with Crippen LogP contribution < -0.4 is 10.6 Å². The van der Waals surface area contributed by atoms with E-state index in [2.05, 4.69) is 27.8 Å². The molecule has 0 spiro atoms. The molecule has 1 atom stereocenters. The molecule has 0 bridgehead atoms. The van der Waals surface area contributed by atoms with E-state index in [-0.39, 0.29) is 5.91 Å². The Morgan fingerprint density at radius 2 is 1.84 bits per heavy atom. The summed E-state index contributed by atoms with van der Waals surface area (Å²) >= 11 is 1.55. The molecule has 0 saturated carbocycles. The molecule has 0 radical (unpaired) electrons. The SMILES string of the molecule is CC1=C(C(=O)Nc2ccccc2)C(c2ccco2)n2nc(SCc3ccccc3)nc2N1. The Balaban J connectivity index is 1.46. The van der Waals surface area contributed by atoms with Crippen LogP contribution in [0, 0.1) is 0 Å². The van der Waals surface area contributed by atoms with Crippen LogP contribution in [-0.4, -0.2) is 20.7 Å². The number of carbonyl (C=O) groups excluding carboxylic acids is 1. The van der Waals surface area contributed by atoms with Gasteiger partial charge in [-0.1, -0.05) is 60.3 Å². The van der Waals surface area contributed by atoms with E-state index in [0.717, 1.165) is 11.4 Å². The molecule has 160 valence electrons. The van der Waals surface area contributed by atoms with E-state index in [0.29, 0.717) is 28.1 Å². The molecule has 4 aromatic rings. The van der Waals surface area contributed by atoms with Gasteiger partial charge in [-0.15, -0.1) is 5.10 Å². The molecule has 0 aliphatic carbocycles. The predicted octanol–water partition coefficient (Wildman–Crippen LogP) is 5.09. The zero-order valence-corrected chi connectivity index (χ0v) is 18.2. The number of para-hydroxylation sites is 1. The molecule has 2 aromatic carbocycles. The Labute approximate surface area is 189 Å². The number of aromatic nitrogens is 3. The highest BCUT2D eigenvalue weighted by Crippen LogP contribution is 2.37. The molecule has 0 saturated heterocycles. The summed E-state index contributed by atoms with van der Waals surface area (Å²) in [4.78, 5) is 17.9. The van der Waals surface area contributed by atoms with Gasteiger partial charge in [0.1, 0.15) is 11.8 Å². The first kappa shape index (κ1) is 20.1. The van der Waals surface area contributed by atoms with Crippen LogP contribution in [0.25, 0.3) is 0 Å². The second-order valence-electron chi connectivity index (χ2n) is 7.34. The number of fused-ring (bicyclic) bond motifs is 1. The van der Waals surface area contributed by atoms with E-state index in [1.54, 1.807) is 28.8 Å². The van der Waals surface area contributed by atoms with E-state index in [4.69, 9.17) is 9.52 Å². The lowest BCUT2D eigenvalue weighted by Crippen LogP contribution is -2.31. The summed E-state index contributed by atoms with van der Waals surface area (Å²) < 4.78 is 7.43. The number of nitrogens with zero attached hydrogens (tertiary/aromatic N) is 3. The quantitative estimate of drug-likeness (QED) is 0.404. The Bertz CT molecular complexity index is 1250. The Morgan fingerprint density at radius 1 is 1.09 bits per heavy atom. The Kier molecular flexibility index (Phi) is 5.51. The number of carbonyl (C=O) groups is 1. The number of benzene rings is 2. The maximum atomic E-state index is 13.3. The number of nitrogens with one attached hydrogen (secondary N) is 2. The van der Waals surface area contributed by atoms with Crippen molar-refractivity contribution in [3.05, 3.63) is 102 Å². The van der Waals surface area contributed by atoms with Gasteiger partial charge in [-0.05, 0) is 36.8 Å². The summed E-state index contributed by atoms with van der Waals surface area (Å²) in [6, 6.07) is 22.7. The minimum Gasteiger partial charge on any atom is -0.467 e. The maximum absolute atomic E-state index is 13.3. The van der Waals surface area contributed by atoms with E-state index in [1.165, 1.54) is 5.56 Å². The number of anilines is 2. The summed E-state index contributed by atoms with van der Waals surface area (Å²) in [5.41, 5.74) is 3.15. The lowest BCUT2D eigenvalue weighted by atomic mass is 10.00. The van der Waals surface area contributed by atoms with Gasteiger partial charge in [0.15, 0.2) is 0 Å². The van der Waals surface area contributed by atoms with Crippen LogP contribution in [0.4, 0.5) is 11.6 Å². The lowest BCUT2D eigenvalue weighted by Gasteiger charge is -2.27. The Morgan fingerprint density at radius 3 is 2.56 bits per heavy atom. The van der Waals surface area contributed by atoms with Crippen LogP contribution in [0.2, 0.25) is 0 Å². The first-order chi connectivity index (χ1) is 15.7. The van der Waals surface area contributed by atoms with Gasteiger partial charge in [0.2, 0.25) is 11.1 Å². The van der Waals surface area contributed by atoms with Gasteiger partial charge in [-0.25, -0.2) is 4.68 Å². The fourth-order valence-electron chi connectivity index (χ4n) is 3.64. The molecule has 1 aliphatic rings. The van der Waals surface area contributed by atoms with Crippen LogP contribution in [0.15, 0.2) is 99.9 Å². The predicted molar refractivity (Wildman–Crippen MR) is 124 cm³/mol. The van der Waals surface area contributed by atoms with E-state index < -0.39 is 6.04 Å². The minimum absolute atomic E-state index is 0.220. The number of hydrogen-bond acceptors (Lipinski definition) is 6. The largest absolute Gasteiger partial charge is 0.467 e. The molecule has 7 nitrogen and oxygen atoms in total. The van der Waals surface area contributed by atoms with Crippen molar-refractivity contribution in [1.82, 2.24) is 14.8 Å². The second-order valence-corrected chi connectivity index (χ2v) is 8.28. The monoisotopic (exact) mass is 443 g/mol. The summed E-state index contributed by atoms with van der Waals surface area (Å²) in [5.74, 6) is 1.73. The molecule has 0 fully saturated rings. The summed E-state index contributed by atoms with van der Waals surface area (Å²) in [7, 11) is 0. The third-order valence-corrected chi connectivity index (χ3v) is 6.04. The lowest BCUT2D eigenvalue weighted by molar-refractivity contribution is -0.113. The van der Waals surface area contributed by atoms with Gasteiger partial charge in [0, 0.05) is 17.1 Å². The van der Waals surface area contributed by atoms with Crippen LogP contribution >= 0.6 is 11.8 Å². The average Bonchev–Trinajstić information content (AvgIpc) is 3.48. The van der Waals surface area contributed by atoms with Crippen LogP contribution in [0.3, 0.4) is 0 Å². The van der Waals surface area contributed by atoms with Crippen molar-refractivity contribution in [2.24, 2.45) is 0 Å². The van der Waals surface area contributed by atoms with Crippen LogP contribution in [-0.2, 0) is 10.5 Å². The van der Waals surface area contributed by atoms with E-state index in [1.807, 2.05) is 61.5 Å². The molecular weight excluding hydrogens is 422 g/mol. The Hall–Kier alpha value is -3.78. The van der Waals surface area contributed by atoms with Crippen molar-refractivity contribution in [1.29, 1.82) is 0 Å². The molecule has 32 heavy (non-hydrogen) atoms. The summed E-state index contributed by atoms with van der Waals surface area (Å²) in [6.45, 7) is 1.87. The average molecular weight is 444 g/mol. The van der Waals surface area contributed by atoms with Crippen molar-refractivity contribution in [3.63, 3.8) is 0 Å². The molecule has 1 unspecified atom stereocenters. The molecule has 2 N–H and O–H groups in total. The topological polar surface area (TPSA) is 85.0 Å². The summed E-state index contributed by atoms with van der Waals surface area (Å²) in [5, 5.41) is 11.6. The highest BCUT2D eigenvalue weighted by molar-refractivity contribution is 7.98. The molecule has 8 heteroatoms. The number of amides is 1. The van der Waals surface area contributed by atoms with Gasteiger partial charge in [-0.2, -0.15) is 4.98 Å². The first-order valence-corrected chi connectivity index (χ1v) is 11.2. The second kappa shape index (κ2) is 8.76. The van der Waals surface area contributed by atoms with Crippen molar-refractivity contribution >= 4 is 29.3 Å². The zero-order chi connectivity index (χ0) is 21.9. The number of hydrogen-bond donors (Lipinski definition) is 2. The van der Waals surface area contributed by atoms with Gasteiger partial charge < -0.3 is 15.1 Å². The third-order valence-electron chi connectivity index (χ3n) is 5.13. The third kappa shape index (κ3) is 4.04. The molecule has 1 amide bonds. The number of thioether (sulfide) groups is 1. The highest BCUT2D eigenvalue weighted by Gasteiger charge is 2.36. The normalized spacial score (nSPS) is 15.2. The zero-order valence-electron chi connectivity index (χ0n) is 17.4. The number of allylic oxidation sites excluding steroid dienone is 1. The van der Waals surface area contributed by atoms with Gasteiger partial charge >= 0.3 is 0 Å². The minimum atomic E-state index is -0.525. The van der Waals surface area contributed by atoms with E-state index in [9.17, 15) is 4.79 Å². The molecule has 2 aromatic heterocycles. The van der Waals surface area contributed by atoms with Gasteiger partial charge in [0.05, 0.1) is 11.8 Å². The molecule has 1 aliphatic heterocycles. The molecule has 5 rings (SSSR count). The van der Waals surface area contributed by atoms with Crippen LogP contribution in [0.5, 0.6) is 0 Å². The fraction of sp³-hybridized carbons (Fsp3) is 0.125. The smallest absolute Gasteiger partial charge is 0.256 e. The van der Waals surface area contributed by atoms with E-state index >= 15 is 0 Å². The summed E-state index contributed by atoms with van der Waals surface area (Å²) in [6.07, 6.45) is 1.60. The highest BCUT2D eigenvalue weighted by atomic mass is 32.2. The van der Waals surface area contributed by atoms with Crippen molar-refractivity contribution < 1.29 is 9.21 Å². The molecular formula is C24H21N5O2S.